The average Bonchev–Trinajstić information content (AvgIpc) is 2.54. The highest BCUT2D eigenvalue weighted by molar-refractivity contribution is 5.29. The van der Waals surface area contributed by atoms with Gasteiger partial charge in [-0.05, 0) is 42.6 Å². The molecule has 0 bridgehead atoms. The van der Waals surface area contributed by atoms with Crippen molar-refractivity contribution in [2.24, 2.45) is 16.7 Å². The molecule has 100 valence electrons. The van der Waals surface area contributed by atoms with Gasteiger partial charge in [-0.1, -0.05) is 57.0 Å². The topological polar surface area (TPSA) is 20.2 Å². The third-order valence-electron chi connectivity index (χ3n) is 5.24. The quantitative estimate of drug-likeness (QED) is 0.858. The van der Waals surface area contributed by atoms with Crippen molar-refractivity contribution >= 4 is 0 Å². The van der Waals surface area contributed by atoms with Gasteiger partial charge < -0.3 is 5.11 Å². The van der Waals surface area contributed by atoms with E-state index in [0.29, 0.717) is 5.92 Å². The number of aryl methyl sites for hydroxylation is 2. The second kappa shape index (κ2) is 4.09. The molecule has 1 aromatic carbocycles. The van der Waals surface area contributed by atoms with Crippen molar-refractivity contribution in [1.29, 1.82) is 0 Å². The van der Waals surface area contributed by atoms with Crippen LogP contribution in [0.3, 0.4) is 0 Å². The number of hydrogen-bond acceptors (Lipinski definition) is 1. The number of rotatable bonds is 3. The van der Waals surface area contributed by atoms with E-state index in [1.807, 2.05) is 0 Å². The van der Waals surface area contributed by atoms with Gasteiger partial charge in [-0.3, -0.25) is 0 Å². The van der Waals surface area contributed by atoms with Gasteiger partial charge in [0.15, 0.2) is 0 Å². The van der Waals surface area contributed by atoms with Crippen LogP contribution in [0.5, 0.6) is 0 Å². The van der Waals surface area contributed by atoms with E-state index in [-0.39, 0.29) is 16.9 Å². The van der Waals surface area contributed by atoms with Gasteiger partial charge in [-0.15, -0.1) is 0 Å². The molecule has 1 aliphatic rings. The molecule has 0 aromatic heterocycles. The second-order valence-corrected chi connectivity index (χ2v) is 7.19. The van der Waals surface area contributed by atoms with Crippen LogP contribution in [-0.4, -0.2) is 11.2 Å². The average molecular weight is 246 g/mol. The van der Waals surface area contributed by atoms with Gasteiger partial charge in [0.1, 0.15) is 0 Å². The number of aliphatic hydroxyl groups is 1. The Labute approximate surface area is 111 Å². The van der Waals surface area contributed by atoms with Gasteiger partial charge in [0.2, 0.25) is 0 Å². The van der Waals surface area contributed by atoms with Gasteiger partial charge >= 0.3 is 0 Å². The van der Waals surface area contributed by atoms with Gasteiger partial charge in [0.25, 0.3) is 0 Å². The highest BCUT2D eigenvalue weighted by Gasteiger charge is 2.66. The molecule has 2 rings (SSSR count). The summed E-state index contributed by atoms with van der Waals surface area (Å²) >= 11 is 0. The van der Waals surface area contributed by atoms with Crippen LogP contribution in [0.25, 0.3) is 0 Å². The fraction of sp³-hybridized carbons (Fsp3) is 0.647. The lowest BCUT2D eigenvalue weighted by atomic mass is 9.97. The lowest BCUT2D eigenvalue weighted by Crippen LogP contribution is -2.17. The van der Waals surface area contributed by atoms with Crippen molar-refractivity contribution < 1.29 is 5.11 Å². The molecule has 0 radical (unpaired) electrons. The maximum absolute atomic E-state index is 10.5. The Balaban J connectivity index is 2.11. The Morgan fingerprint density at radius 3 is 1.83 bits per heavy atom. The van der Waals surface area contributed by atoms with E-state index in [1.165, 1.54) is 16.7 Å². The highest BCUT2D eigenvalue weighted by atomic mass is 16.3. The monoisotopic (exact) mass is 246 g/mol. The summed E-state index contributed by atoms with van der Waals surface area (Å²) in [4.78, 5) is 0. The van der Waals surface area contributed by atoms with Crippen molar-refractivity contribution in [2.45, 2.75) is 54.1 Å². The molecular weight excluding hydrogens is 220 g/mol. The summed E-state index contributed by atoms with van der Waals surface area (Å²) in [5.74, 6) is 0.408. The molecule has 0 heterocycles. The van der Waals surface area contributed by atoms with E-state index >= 15 is 0 Å². The minimum Gasteiger partial charge on any atom is -0.392 e. The van der Waals surface area contributed by atoms with Crippen molar-refractivity contribution in [3.63, 3.8) is 0 Å². The molecule has 0 spiro atoms. The molecule has 0 saturated heterocycles. The van der Waals surface area contributed by atoms with Crippen LogP contribution in [-0.2, 0) is 6.42 Å². The van der Waals surface area contributed by atoms with Crippen molar-refractivity contribution in [2.75, 3.05) is 0 Å². The van der Waals surface area contributed by atoms with Crippen molar-refractivity contribution in [3.05, 3.63) is 34.9 Å². The smallest absolute Gasteiger partial charge is 0.0619 e. The van der Waals surface area contributed by atoms with Crippen molar-refractivity contribution in [1.82, 2.24) is 0 Å². The minimum atomic E-state index is -0.226. The number of benzene rings is 1. The zero-order valence-electron chi connectivity index (χ0n) is 12.5. The molecule has 1 nitrogen and oxygen atoms in total. The lowest BCUT2D eigenvalue weighted by molar-refractivity contribution is 0.129. The SMILES string of the molecule is Cc1cc(C)cc(CC(O)C2C(C)(C)C2(C)C)c1. The number of aliphatic hydroxyl groups excluding tert-OH is 1. The Kier molecular flexibility index (Phi) is 3.09. The first-order chi connectivity index (χ1) is 8.16. The molecule has 1 aromatic rings. The summed E-state index contributed by atoms with van der Waals surface area (Å²) in [6, 6.07) is 6.57. The van der Waals surface area contributed by atoms with E-state index in [9.17, 15) is 5.11 Å². The third kappa shape index (κ3) is 2.09. The molecule has 1 atom stereocenters. The molecule has 1 aliphatic carbocycles. The summed E-state index contributed by atoms with van der Waals surface area (Å²) < 4.78 is 0. The van der Waals surface area contributed by atoms with Crippen molar-refractivity contribution in [3.8, 4) is 0 Å². The molecule has 1 heteroatoms. The zero-order chi connectivity index (χ0) is 13.7. The predicted molar refractivity (Wildman–Crippen MR) is 76.7 cm³/mol. The molecule has 1 fully saturated rings. The maximum Gasteiger partial charge on any atom is 0.0619 e. The van der Waals surface area contributed by atoms with Crippen LogP contribution in [0, 0.1) is 30.6 Å². The molecule has 1 unspecified atom stereocenters. The van der Waals surface area contributed by atoms with E-state index in [1.54, 1.807) is 0 Å². The Hall–Kier alpha value is -0.820. The van der Waals surface area contributed by atoms with Gasteiger partial charge in [-0.25, -0.2) is 0 Å². The van der Waals surface area contributed by atoms with Gasteiger partial charge in [0.05, 0.1) is 6.10 Å². The van der Waals surface area contributed by atoms with Gasteiger partial charge in [-0.2, -0.15) is 0 Å². The molecular formula is C17H26O. The fourth-order valence-corrected chi connectivity index (χ4v) is 3.76. The predicted octanol–water partition coefficient (Wildman–Crippen LogP) is 3.89. The van der Waals surface area contributed by atoms with Crippen LogP contribution in [0.15, 0.2) is 18.2 Å². The normalized spacial score (nSPS) is 22.8. The third-order valence-corrected chi connectivity index (χ3v) is 5.24. The van der Waals surface area contributed by atoms with E-state index in [4.69, 9.17) is 0 Å². The zero-order valence-corrected chi connectivity index (χ0v) is 12.5. The number of hydrogen-bond donors (Lipinski definition) is 1. The first-order valence-corrected chi connectivity index (χ1v) is 6.91. The first kappa shape index (κ1) is 13.6. The van der Waals surface area contributed by atoms with E-state index < -0.39 is 0 Å². The van der Waals surface area contributed by atoms with Crippen LogP contribution < -0.4 is 0 Å². The molecule has 18 heavy (non-hydrogen) atoms. The van der Waals surface area contributed by atoms with E-state index in [0.717, 1.165) is 6.42 Å². The standard InChI is InChI=1S/C17H26O/c1-11-7-12(2)9-13(8-11)10-14(18)15-16(3,4)17(15,5)6/h7-9,14-15,18H,10H2,1-6H3. The van der Waals surface area contributed by atoms with Crippen LogP contribution in [0.2, 0.25) is 0 Å². The highest BCUT2D eigenvalue weighted by Crippen LogP contribution is 2.69. The minimum absolute atomic E-state index is 0.226. The first-order valence-electron chi connectivity index (χ1n) is 6.91. The second-order valence-electron chi connectivity index (χ2n) is 7.19. The summed E-state index contributed by atoms with van der Waals surface area (Å²) in [5, 5.41) is 10.5. The van der Waals surface area contributed by atoms with E-state index in [2.05, 4.69) is 59.7 Å². The Morgan fingerprint density at radius 2 is 1.44 bits per heavy atom. The lowest BCUT2D eigenvalue weighted by Gasteiger charge is -2.14. The summed E-state index contributed by atoms with van der Waals surface area (Å²) in [5.41, 5.74) is 4.34. The fourth-order valence-electron chi connectivity index (χ4n) is 3.76. The summed E-state index contributed by atoms with van der Waals surface area (Å²) in [6.45, 7) is 13.3. The molecule has 1 saturated carbocycles. The van der Waals surface area contributed by atoms with Crippen LogP contribution in [0.4, 0.5) is 0 Å². The summed E-state index contributed by atoms with van der Waals surface area (Å²) in [6.07, 6.45) is 0.552. The largest absolute Gasteiger partial charge is 0.392 e. The Bertz CT molecular complexity index is 422. The Morgan fingerprint density at radius 1 is 1.00 bits per heavy atom. The maximum atomic E-state index is 10.5. The van der Waals surface area contributed by atoms with Crippen LogP contribution >= 0.6 is 0 Å². The van der Waals surface area contributed by atoms with Gasteiger partial charge in [0, 0.05) is 0 Å². The molecule has 0 aliphatic heterocycles. The molecule has 0 amide bonds. The van der Waals surface area contributed by atoms with Crippen LogP contribution in [0.1, 0.15) is 44.4 Å². The summed E-state index contributed by atoms with van der Waals surface area (Å²) in [7, 11) is 0. The molecule has 1 N–H and O–H groups in total.